The molecule has 0 unspecified atom stereocenters. The first-order chi connectivity index (χ1) is 13.9. The topological polar surface area (TPSA) is 92.8 Å². The SMILES string of the molecule is Cc1ccc(C(=O)CCC(=O)Nc2ccc(S(=O)(=O)N3CCOCC3)cc2)cc1. The van der Waals surface area contributed by atoms with Crippen molar-refractivity contribution in [3.05, 3.63) is 59.7 Å². The summed E-state index contributed by atoms with van der Waals surface area (Å²) in [5, 5.41) is 2.70. The number of ether oxygens (including phenoxy) is 1. The minimum atomic E-state index is -3.57. The van der Waals surface area contributed by atoms with E-state index in [1.165, 1.54) is 16.4 Å². The van der Waals surface area contributed by atoms with Crippen LogP contribution in [0.2, 0.25) is 0 Å². The molecule has 0 aromatic heterocycles. The molecule has 0 radical (unpaired) electrons. The molecule has 3 rings (SSSR count). The van der Waals surface area contributed by atoms with Gasteiger partial charge in [0.1, 0.15) is 0 Å². The van der Waals surface area contributed by atoms with Crippen LogP contribution in [0.15, 0.2) is 53.4 Å². The van der Waals surface area contributed by atoms with Gasteiger partial charge < -0.3 is 10.1 Å². The molecule has 2 aromatic carbocycles. The van der Waals surface area contributed by atoms with E-state index < -0.39 is 10.0 Å². The van der Waals surface area contributed by atoms with Gasteiger partial charge in [0.15, 0.2) is 5.78 Å². The maximum Gasteiger partial charge on any atom is 0.243 e. The van der Waals surface area contributed by atoms with E-state index in [1.54, 1.807) is 24.3 Å². The number of anilines is 1. The highest BCUT2D eigenvalue weighted by Gasteiger charge is 2.26. The van der Waals surface area contributed by atoms with Crippen LogP contribution in [-0.2, 0) is 19.6 Å². The number of rotatable bonds is 7. The standard InChI is InChI=1S/C21H24N2O5S/c1-16-2-4-17(5-3-16)20(24)10-11-21(25)22-18-6-8-19(9-7-18)29(26,27)23-12-14-28-15-13-23/h2-9H,10-15H2,1H3,(H,22,25). The van der Waals surface area contributed by atoms with Crippen molar-refractivity contribution >= 4 is 27.4 Å². The second-order valence-electron chi connectivity index (χ2n) is 6.88. The molecule has 1 saturated heterocycles. The Morgan fingerprint density at radius 1 is 0.966 bits per heavy atom. The minimum absolute atomic E-state index is 0.0561. The molecule has 2 aromatic rings. The summed E-state index contributed by atoms with van der Waals surface area (Å²) in [5.74, 6) is -0.388. The van der Waals surface area contributed by atoms with E-state index in [4.69, 9.17) is 4.74 Å². The van der Waals surface area contributed by atoms with E-state index in [2.05, 4.69) is 5.32 Å². The van der Waals surface area contributed by atoms with Crippen molar-refractivity contribution in [2.24, 2.45) is 0 Å². The third kappa shape index (κ3) is 5.50. The first kappa shape index (κ1) is 21.2. The predicted octanol–water partition coefficient (Wildman–Crippen LogP) is 2.62. The van der Waals surface area contributed by atoms with Crippen molar-refractivity contribution in [2.45, 2.75) is 24.7 Å². The number of morpholine rings is 1. The first-order valence-corrected chi connectivity index (χ1v) is 10.9. The fourth-order valence-corrected chi connectivity index (χ4v) is 4.39. The first-order valence-electron chi connectivity index (χ1n) is 9.44. The Bertz CT molecular complexity index is 963. The number of carbonyl (C=O) groups excluding carboxylic acids is 2. The molecule has 1 fully saturated rings. The number of hydrogen-bond acceptors (Lipinski definition) is 5. The van der Waals surface area contributed by atoms with E-state index in [9.17, 15) is 18.0 Å². The quantitative estimate of drug-likeness (QED) is 0.701. The van der Waals surface area contributed by atoms with Gasteiger partial charge in [-0.05, 0) is 31.2 Å². The minimum Gasteiger partial charge on any atom is -0.379 e. The van der Waals surface area contributed by atoms with Crippen molar-refractivity contribution in [1.29, 1.82) is 0 Å². The molecule has 8 heteroatoms. The van der Waals surface area contributed by atoms with Crippen molar-refractivity contribution in [3.8, 4) is 0 Å². The highest BCUT2D eigenvalue weighted by atomic mass is 32.2. The average Bonchev–Trinajstić information content (AvgIpc) is 2.73. The molecular weight excluding hydrogens is 392 g/mol. The van der Waals surface area contributed by atoms with E-state index >= 15 is 0 Å². The molecule has 0 aliphatic carbocycles. The zero-order valence-electron chi connectivity index (χ0n) is 16.3. The highest BCUT2D eigenvalue weighted by molar-refractivity contribution is 7.89. The molecule has 0 bridgehead atoms. The summed E-state index contributed by atoms with van der Waals surface area (Å²) < 4.78 is 31.8. The number of ketones is 1. The predicted molar refractivity (Wildman–Crippen MR) is 109 cm³/mol. The van der Waals surface area contributed by atoms with Gasteiger partial charge in [0.05, 0.1) is 18.1 Å². The summed E-state index contributed by atoms with van der Waals surface area (Å²) in [6.07, 6.45) is 0.166. The Morgan fingerprint density at radius 2 is 1.59 bits per heavy atom. The Kier molecular flexibility index (Phi) is 6.79. The smallest absolute Gasteiger partial charge is 0.243 e. The Morgan fingerprint density at radius 3 is 2.21 bits per heavy atom. The monoisotopic (exact) mass is 416 g/mol. The average molecular weight is 416 g/mol. The molecule has 1 aliphatic rings. The summed E-state index contributed by atoms with van der Waals surface area (Å²) in [6, 6.07) is 13.3. The highest BCUT2D eigenvalue weighted by Crippen LogP contribution is 2.19. The van der Waals surface area contributed by atoms with E-state index in [0.29, 0.717) is 37.6 Å². The second kappa shape index (κ2) is 9.30. The summed E-state index contributed by atoms with van der Waals surface area (Å²) in [4.78, 5) is 24.5. The molecule has 1 N–H and O–H groups in total. The molecule has 1 amide bonds. The van der Waals surface area contributed by atoms with Crippen LogP contribution in [0.4, 0.5) is 5.69 Å². The number of carbonyl (C=O) groups is 2. The van der Waals surface area contributed by atoms with Crippen molar-refractivity contribution < 1.29 is 22.7 Å². The molecule has 1 aliphatic heterocycles. The number of hydrogen-bond donors (Lipinski definition) is 1. The fourth-order valence-electron chi connectivity index (χ4n) is 2.98. The third-order valence-electron chi connectivity index (χ3n) is 4.70. The van der Waals surface area contributed by atoms with E-state index in [-0.39, 0.29) is 29.4 Å². The number of sulfonamides is 1. The van der Waals surface area contributed by atoms with Crippen LogP contribution in [-0.4, -0.2) is 50.7 Å². The largest absolute Gasteiger partial charge is 0.379 e. The van der Waals surface area contributed by atoms with Crippen LogP contribution in [0.25, 0.3) is 0 Å². The van der Waals surface area contributed by atoms with Crippen LogP contribution in [0, 0.1) is 6.92 Å². The summed E-state index contributed by atoms with van der Waals surface area (Å²) >= 11 is 0. The molecule has 7 nitrogen and oxygen atoms in total. The summed E-state index contributed by atoms with van der Waals surface area (Å²) in [5.41, 5.74) is 2.14. The normalized spacial score (nSPS) is 15.1. The molecule has 29 heavy (non-hydrogen) atoms. The van der Waals surface area contributed by atoms with Gasteiger partial charge in [-0.2, -0.15) is 4.31 Å². The van der Waals surface area contributed by atoms with Crippen LogP contribution < -0.4 is 5.32 Å². The van der Waals surface area contributed by atoms with Gasteiger partial charge in [-0.3, -0.25) is 9.59 Å². The maximum absolute atomic E-state index is 12.6. The summed E-state index contributed by atoms with van der Waals surface area (Å²) in [6.45, 7) is 3.37. The van der Waals surface area contributed by atoms with Gasteiger partial charge in [0.2, 0.25) is 15.9 Å². The number of nitrogens with zero attached hydrogens (tertiary/aromatic N) is 1. The summed E-state index contributed by atoms with van der Waals surface area (Å²) in [7, 11) is -3.57. The molecular formula is C21H24N2O5S. The molecule has 0 spiro atoms. The van der Waals surface area contributed by atoms with Crippen molar-refractivity contribution in [1.82, 2.24) is 4.31 Å². The Labute approximate surface area is 170 Å². The van der Waals surface area contributed by atoms with Crippen molar-refractivity contribution in [3.63, 3.8) is 0 Å². The zero-order valence-corrected chi connectivity index (χ0v) is 17.1. The Hall–Kier alpha value is -2.55. The number of nitrogens with one attached hydrogen (secondary N) is 1. The van der Waals surface area contributed by atoms with E-state index in [0.717, 1.165) is 5.56 Å². The fraction of sp³-hybridized carbons (Fsp3) is 0.333. The van der Waals surface area contributed by atoms with Gasteiger partial charge in [-0.25, -0.2) is 8.42 Å². The van der Waals surface area contributed by atoms with E-state index in [1.807, 2.05) is 19.1 Å². The van der Waals surface area contributed by atoms with Crippen molar-refractivity contribution in [2.75, 3.05) is 31.6 Å². The lowest BCUT2D eigenvalue weighted by Gasteiger charge is -2.26. The van der Waals surface area contributed by atoms with Crippen LogP contribution in [0.5, 0.6) is 0 Å². The lowest BCUT2D eigenvalue weighted by Crippen LogP contribution is -2.40. The lowest BCUT2D eigenvalue weighted by molar-refractivity contribution is -0.116. The molecule has 0 saturated carbocycles. The molecule has 1 heterocycles. The lowest BCUT2D eigenvalue weighted by atomic mass is 10.0. The number of amides is 1. The van der Waals surface area contributed by atoms with Gasteiger partial charge in [0, 0.05) is 37.2 Å². The Balaban J connectivity index is 1.54. The third-order valence-corrected chi connectivity index (χ3v) is 6.61. The maximum atomic E-state index is 12.6. The number of benzene rings is 2. The van der Waals surface area contributed by atoms with Gasteiger partial charge in [0.25, 0.3) is 0 Å². The number of aryl methyl sites for hydroxylation is 1. The number of Topliss-reactive ketones (excluding diaryl/α,β-unsaturated/α-hetero) is 1. The van der Waals surface area contributed by atoms with Crippen LogP contribution in [0.1, 0.15) is 28.8 Å². The molecule has 0 atom stereocenters. The van der Waals surface area contributed by atoms with Crippen LogP contribution >= 0.6 is 0 Å². The molecule has 154 valence electrons. The second-order valence-corrected chi connectivity index (χ2v) is 8.82. The van der Waals surface area contributed by atoms with Gasteiger partial charge in [-0.15, -0.1) is 0 Å². The van der Waals surface area contributed by atoms with Gasteiger partial charge in [-0.1, -0.05) is 29.8 Å². The van der Waals surface area contributed by atoms with Gasteiger partial charge >= 0.3 is 0 Å². The zero-order chi connectivity index (χ0) is 20.9. The van der Waals surface area contributed by atoms with Crippen LogP contribution in [0.3, 0.4) is 0 Å².